The molecule has 0 heterocycles. The van der Waals surface area contributed by atoms with E-state index in [1.54, 1.807) is 0 Å². The molecule has 2 atom stereocenters. The maximum Gasteiger partial charge on any atom is 0.162 e. The highest BCUT2D eigenvalue weighted by atomic mass is 79.9. The Kier molecular flexibility index (Phi) is 7.11. The smallest absolute Gasteiger partial charge is 0.162 e. The second-order valence-corrected chi connectivity index (χ2v) is 6.81. The first kappa shape index (κ1) is 18.4. The lowest BCUT2D eigenvalue weighted by molar-refractivity contribution is -0.118. The molecule has 1 saturated carbocycles. The molecule has 1 aromatic carbocycles. The molecule has 2 nitrogen and oxygen atoms in total. The van der Waals surface area contributed by atoms with Gasteiger partial charge in [0, 0.05) is 16.9 Å². The molecule has 21 heavy (non-hydrogen) atoms. The third kappa shape index (κ3) is 4.94. The third-order valence-electron chi connectivity index (χ3n) is 3.86. The molecule has 0 spiro atoms. The van der Waals surface area contributed by atoms with Crippen molar-refractivity contribution < 1.29 is 4.79 Å². The van der Waals surface area contributed by atoms with Crippen molar-refractivity contribution in [1.29, 1.82) is 0 Å². The molecule has 0 aromatic heterocycles. The molecule has 1 aliphatic rings. The highest BCUT2D eigenvalue weighted by molar-refractivity contribution is 9.10. The normalized spacial score (nSPS) is 21.7. The summed E-state index contributed by atoms with van der Waals surface area (Å²) in [6.45, 7) is 3.02. The second kappa shape index (κ2) is 8.11. The van der Waals surface area contributed by atoms with Crippen molar-refractivity contribution in [3.63, 3.8) is 0 Å². The summed E-state index contributed by atoms with van der Waals surface area (Å²) in [5, 5.41) is 0. The first-order chi connectivity index (χ1) is 9.47. The quantitative estimate of drug-likeness (QED) is 0.728. The van der Waals surface area contributed by atoms with E-state index >= 15 is 0 Å². The van der Waals surface area contributed by atoms with Crippen LogP contribution in [0.25, 0.3) is 0 Å². The molecule has 2 rings (SSSR count). The van der Waals surface area contributed by atoms with Crippen molar-refractivity contribution in [3.05, 3.63) is 46.0 Å². The van der Waals surface area contributed by atoms with Crippen molar-refractivity contribution in [1.82, 2.24) is 4.90 Å². The summed E-state index contributed by atoms with van der Waals surface area (Å²) in [7, 11) is 4.05. The van der Waals surface area contributed by atoms with Crippen LogP contribution in [0.5, 0.6) is 0 Å². The van der Waals surface area contributed by atoms with Crippen molar-refractivity contribution in [2.24, 2.45) is 5.92 Å². The Labute approximate surface area is 142 Å². The highest BCUT2D eigenvalue weighted by Gasteiger charge is 2.29. The first-order valence-electron chi connectivity index (χ1n) is 7.12. The Morgan fingerprint density at radius 3 is 2.76 bits per heavy atom. The van der Waals surface area contributed by atoms with Crippen LogP contribution in [0.2, 0.25) is 0 Å². The standard InChI is InChI=1S/C17H22BrNO.ClH/c1-12(13-5-4-6-16(18)10-13)9-14-7-8-15(17(14)20)11-19(2)3;/h4-6,9-10,12,15H,7-8,11H2,1-3H3;1H. The lowest BCUT2D eigenvalue weighted by Crippen LogP contribution is -2.24. The van der Waals surface area contributed by atoms with Crippen LogP contribution >= 0.6 is 28.3 Å². The maximum absolute atomic E-state index is 12.4. The number of halogens is 2. The maximum atomic E-state index is 12.4. The van der Waals surface area contributed by atoms with Gasteiger partial charge < -0.3 is 4.90 Å². The van der Waals surface area contributed by atoms with E-state index in [2.05, 4.69) is 46.0 Å². The average molecular weight is 373 g/mol. The van der Waals surface area contributed by atoms with Gasteiger partial charge in [0.25, 0.3) is 0 Å². The molecule has 0 aliphatic heterocycles. The molecule has 1 aliphatic carbocycles. The number of carbonyl (C=O) groups excluding carboxylic acids is 1. The molecule has 0 N–H and O–H groups in total. The molecular weight excluding hydrogens is 350 g/mol. The molecule has 2 unspecified atom stereocenters. The number of hydrogen-bond donors (Lipinski definition) is 0. The molecule has 1 fully saturated rings. The van der Waals surface area contributed by atoms with Gasteiger partial charge in [-0.1, -0.05) is 41.1 Å². The van der Waals surface area contributed by atoms with Gasteiger partial charge in [0.2, 0.25) is 0 Å². The number of Topliss-reactive ketones (excluding diaryl/α,β-unsaturated/α-hetero) is 1. The molecule has 4 heteroatoms. The van der Waals surface area contributed by atoms with E-state index in [0.29, 0.717) is 5.78 Å². The molecule has 0 bridgehead atoms. The average Bonchev–Trinajstić information content (AvgIpc) is 2.71. The minimum Gasteiger partial charge on any atom is -0.309 e. The fourth-order valence-corrected chi connectivity index (χ4v) is 3.23. The summed E-state index contributed by atoms with van der Waals surface area (Å²) >= 11 is 3.50. The van der Waals surface area contributed by atoms with Crippen LogP contribution in [0.4, 0.5) is 0 Å². The Balaban J connectivity index is 0.00000220. The number of carbonyl (C=O) groups is 1. The fourth-order valence-electron chi connectivity index (χ4n) is 2.81. The number of allylic oxidation sites excluding steroid dienone is 2. The van der Waals surface area contributed by atoms with Gasteiger partial charge in [0.05, 0.1) is 0 Å². The zero-order valence-corrected chi connectivity index (χ0v) is 15.2. The largest absolute Gasteiger partial charge is 0.309 e. The van der Waals surface area contributed by atoms with E-state index < -0.39 is 0 Å². The zero-order valence-electron chi connectivity index (χ0n) is 12.8. The number of benzene rings is 1. The van der Waals surface area contributed by atoms with Gasteiger partial charge in [-0.05, 0) is 56.1 Å². The van der Waals surface area contributed by atoms with Gasteiger partial charge in [-0.2, -0.15) is 0 Å². The van der Waals surface area contributed by atoms with E-state index in [4.69, 9.17) is 0 Å². The van der Waals surface area contributed by atoms with Crippen LogP contribution < -0.4 is 0 Å². The summed E-state index contributed by atoms with van der Waals surface area (Å²) in [6.07, 6.45) is 4.07. The van der Waals surface area contributed by atoms with Crippen LogP contribution in [-0.2, 0) is 4.79 Å². The Morgan fingerprint density at radius 2 is 2.14 bits per heavy atom. The summed E-state index contributed by atoms with van der Waals surface area (Å²) in [4.78, 5) is 14.5. The highest BCUT2D eigenvalue weighted by Crippen LogP contribution is 2.30. The minimum atomic E-state index is 0. The lowest BCUT2D eigenvalue weighted by atomic mass is 9.97. The second-order valence-electron chi connectivity index (χ2n) is 5.90. The molecule has 0 amide bonds. The van der Waals surface area contributed by atoms with Gasteiger partial charge in [-0.3, -0.25) is 4.79 Å². The van der Waals surface area contributed by atoms with Crippen molar-refractivity contribution in [2.45, 2.75) is 25.7 Å². The first-order valence-corrected chi connectivity index (χ1v) is 7.91. The van der Waals surface area contributed by atoms with E-state index in [1.165, 1.54) is 5.56 Å². The molecular formula is C17H23BrClNO. The van der Waals surface area contributed by atoms with Crippen LogP contribution in [0, 0.1) is 5.92 Å². The predicted molar refractivity (Wildman–Crippen MR) is 94.2 cm³/mol. The Morgan fingerprint density at radius 1 is 1.43 bits per heavy atom. The number of hydrogen-bond acceptors (Lipinski definition) is 2. The summed E-state index contributed by atoms with van der Waals surface area (Å²) in [5.74, 6) is 0.816. The fraction of sp³-hybridized carbons (Fsp3) is 0.471. The van der Waals surface area contributed by atoms with Gasteiger partial charge in [-0.15, -0.1) is 12.4 Å². The van der Waals surface area contributed by atoms with Gasteiger partial charge in [0.15, 0.2) is 5.78 Å². The van der Waals surface area contributed by atoms with Gasteiger partial charge >= 0.3 is 0 Å². The third-order valence-corrected chi connectivity index (χ3v) is 4.35. The van der Waals surface area contributed by atoms with E-state index in [0.717, 1.165) is 29.4 Å². The topological polar surface area (TPSA) is 20.3 Å². The van der Waals surface area contributed by atoms with Crippen LogP contribution in [0.3, 0.4) is 0 Å². The predicted octanol–water partition coefficient (Wildman–Crippen LogP) is 4.44. The number of nitrogens with zero attached hydrogens (tertiary/aromatic N) is 1. The van der Waals surface area contributed by atoms with Gasteiger partial charge in [-0.25, -0.2) is 0 Å². The van der Waals surface area contributed by atoms with Crippen LogP contribution in [-0.4, -0.2) is 31.3 Å². The molecule has 1 aromatic rings. The van der Waals surface area contributed by atoms with Crippen LogP contribution in [0.15, 0.2) is 40.4 Å². The van der Waals surface area contributed by atoms with E-state index in [-0.39, 0.29) is 24.2 Å². The zero-order chi connectivity index (χ0) is 14.7. The van der Waals surface area contributed by atoms with Crippen molar-refractivity contribution in [2.75, 3.05) is 20.6 Å². The summed E-state index contributed by atoms with van der Waals surface area (Å²) < 4.78 is 1.09. The lowest BCUT2D eigenvalue weighted by Gasteiger charge is -2.14. The van der Waals surface area contributed by atoms with Crippen molar-refractivity contribution >= 4 is 34.1 Å². The minimum absolute atomic E-state index is 0. The van der Waals surface area contributed by atoms with E-state index in [9.17, 15) is 4.79 Å². The van der Waals surface area contributed by atoms with Crippen LogP contribution in [0.1, 0.15) is 31.2 Å². The Hall–Kier alpha value is -0.640. The van der Waals surface area contributed by atoms with Gasteiger partial charge in [0.1, 0.15) is 0 Å². The summed E-state index contributed by atoms with van der Waals surface area (Å²) in [5.41, 5.74) is 2.26. The SMILES string of the molecule is CC(C=C1CCC(CN(C)C)C1=O)c1cccc(Br)c1.Cl. The molecule has 116 valence electrons. The summed E-state index contributed by atoms with van der Waals surface area (Å²) in [6, 6.07) is 8.30. The monoisotopic (exact) mass is 371 g/mol. The molecule has 0 saturated heterocycles. The Bertz CT molecular complexity index is 527. The van der Waals surface area contributed by atoms with Crippen molar-refractivity contribution in [3.8, 4) is 0 Å². The number of ketones is 1. The molecule has 0 radical (unpaired) electrons. The van der Waals surface area contributed by atoms with E-state index in [1.807, 2.05) is 26.2 Å². The number of rotatable bonds is 4.